The first-order chi connectivity index (χ1) is 10.6. The van der Waals surface area contributed by atoms with Gasteiger partial charge < -0.3 is 10.6 Å². The van der Waals surface area contributed by atoms with Crippen molar-refractivity contribution in [3.8, 4) is 0 Å². The standard InChI is InChI=1S/C17H21ClN4/c1-12-10-16(21-17(19)20-12)22-9-4-2-3-8-15(22)13-6-5-7-14(18)11-13/h5-7,10-11,15H,2-4,8-9H2,1H3,(H2,19,20,21)/t15-/m1/s1. The van der Waals surface area contributed by atoms with Gasteiger partial charge in [0, 0.05) is 23.3 Å². The second-order valence-electron chi connectivity index (χ2n) is 5.84. The maximum Gasteiger partial charge on any atom is 0.222 e. The molecule has 116 valence electrons. The molecule has 2 aromatic rings. The lowest BCUT2D eigenvalue weighted by molar-refractivity contribution is 0.596. The van der Waals surface area contributed by atoms with Crippen LogP contribution in [0.15, 0.2) is 30.3 Å². The minimum atomic E-state index is 0.287. The number of aromatic nitrogens is 2. The minimum absolute atomic E-state index is 0.287. The Morgan fingerprint density at radius 3 is 2.82 bits per heavy atom. The van der Waals surface area contributed by atoms with Crippen LogP contribution in [0.25, 0.3) is 0 Å². The predicted molar refractivity (Wildman–Crippen MR) is 91.2 cm³/mol. The summed E-state index contributed by atoms with van der Waals surface area (Å²) in [5.74, 6) is 1.25. The highest BCUT2D eigenvalue weighted by atomic mass is 35.5. The van der Waals surface area contributed by atoms with Crippen molar-refractivity contribution < 1.29 is 0 Å². The lowest BCUT2D eigenvalue weighted by Gasteiger charge is -2.31. The van der Waals surface area contributed by atoms with Crippen LogP contribution in [-0.2, 0) is 0 Å². The summed E-state index contributed by atoms with van der Waals surface area (Å²) < 4.78 is 0. The molecule has 5 heteroatoms. The molecule has 0 spiro atoms. The molecule has 0 saturated carbocycles. The minimum Gasteiger partial charge on any atom is -0.368 e. The van der Waals surface area contributed by atoms with Crippen LogP contribution < -0.4 is 10.6 Å². The largest absolute Gasteiger partial charge is 0.368 e. The molecule has 1 aliphatic heterocycles. The number of aryl methyl sites for hydroxylation is 1. The lowest BCUT2D eigenvalue weighted by Crippen LogP contribution is -2.29. The Labute approximate surface area is 136 Å². The van der Waals surface area contributed by atoms with E-state index in [4.69, 9.17) is 17.3 Å². The number of nitrogens with zero attached hydrogens (tertiary/aromatic N) is 3. The van der Waals surface area contributed by atoms with E-state index in [1.165, 1.54) is 24.8 Å². The number of nitrogen functional groups attached to an aromatic ring is 1. The number of hydrogen-bond donors (Lipinski definition) is 1. The fourth-order valence-electron chi connectivity index (χ4n) is 3.16. The topological polar surface area (TPSA) is 55.0 Å². The number of rotatable bonds is 2. The number of hydrogen-bond acceptors (Lipinski definition) is 4. The second-order valence-corrected chi connectivity index (χ2v) is 6.28. The third-order valence-electron chi connectivity index (χ3n) is 4.14. The SMILES string of the molecule is Cc1cc(N2CCCCC[C@@H]2c2cccc(Cl)c2)nc(N)n1. The summed E-state index contributed by atoms with van der Waals surface area (Å²) in [6.07, 6.45) is 4.73. The molecule has 1 saturated heterocycles. The fourth-order valence-corrected chi connectivity index (χ4v) is 3.36. The van der Waals surface area contributed by atoms with E-state index in [1.54, 1.807) is 0 Å². The monoisotopic (exact) mass is 316 g/mol. The van der Waals surface area contributed by atoms with E-state index in [-0.39, 0.29) is 6.04 Å². The highest BCUT2D eigenvalue weighted by Gasteiger charge is 2.24. The Kier molecular flexibility index (Phi) is 4.48. The molecule has 1 aliphatic rings. The van der Waals surface area contributed by atoms with E-state index in [1.807, 2.05) is 25.1 Å². The summed E-state index contributed by atoms with van der Waals surface area (Å²) in [4.78, 5) is 11.0. The maximum absolute atomic E-state index is 6.18. The van der Waals surface area contributed by atoms with Gasteiger partial charge in [0.2, 0.25) is 5.95 Å². The van der Waals surface area contributed by atoms with Gasteiger partial charge >= 0.3 is 0 Å². The zero-order valence-corrected chi connectivity index (χ0v) is 13.6. The Hall–Kier alpha value is -1.81. The molecule has 1 fully saturated rings. The second kappa shape index (κ2) is 6.53. The molecule has 22 heavy (non-hydrogen) atoms. The first kappa shape index (κ1) is 15.1. The van der Waals surface area contributed by atoms with Gasteiger partial charge in [-0.1, -0.05) is 36.6 Å². The van der Waals surface area contributed by atoms with Gasteiger partial charge in [-0.2, -0.15) is 4.98 Å². The predicted octanol–water partition coefficient (Wildman–Crippen LogP) is 4.14. The van der Waals surface area contributed by atoms with Gasteiger partial charge in [-0.3, -0.25) is 0 Å². The summed E-state index contributed by atoms with van der Waals surface area (Å²) in [6, 6.07) is 10.4. The zero-order chi connectivity index (χ0) is 15.5. The first-order valence-electron chi connectivity index (χ1n) is 7.77. The van der Waals surface area contributed by atoms with Gasteiger partial charge in [-0.05, 0) is 37.5 Å². The van der Waals surface area contributed by atoms with E-state index >= 15 is 0 Å². The van der Waals surface area contributed by atoms with E-state index in [2.05, 4.69) is 27.0 Å². The van der Waals surface area contributed by atoms with E-state index in [0.717, 1.165) is 29.5 Å². The molecular weight excluding hydrogens is 296 g/mol. The van der Waals surface area contributed by atoms with Gasteiger partial charge in [-0.15, -0.1) is 0 Å². The number of benzene rings is 1. The normalized spacial score (nSPS) is 19.0. The van der Waals surface area contributed by atoms with E-state index in [0.29, 0.717) is 5.95 Å². The molecule has 2 N–H and O–H groups in total. The van der Waals surface area contributed by atoms with Crippen LogP contribution in [0, 0.1) is 6.92 Å². The van der Waals surface area contributed by atoms with Crippen LogP contribution in [0.3, 0.4) is 0 Å². The van der Waals surface area contributed by atoms with Crippen LogP contribution in [-0.4, -0.2) is 16.5 Å². The van der Waals surface area contributed by atoms with Crippen molar-refractivity contribution in [1.29, 1.82) is 0 Å². The smallest absolute Gasteiger partial charge is 0.222 e. The molecule has 0 aliphatic carbocycles. The molecule has 2 heterocycles. The maximum atomic E-state index is 6.18. The third kappa shape index (κ3) is 3.33. The van der Waals surface area contributed by atoms with Crippen molar-refractivity contribution in [3.63, 3.8) is 0 Å². The molecule has 1 atom stereocenters. The van der Waals surface area contributed by atoms with Gasteiger partial charge in [0.1, 0.15) is 5.82 Å². The zero-order valence-electron chi connectivity index (χ0n) is 12.8. The third-order valence-corrected chi connectivity index (χ3v) is 4.37. The molecule has 0 bridgehead atoms. The average Bonchev–Trinajstić information content (AvgIpc) is 2.72. The average molecular weight is 317 g/mol. The quantitative estimate of drug-likeness (QED) is 0.904. The molecule has 3 rings (SSSR count). The number of halogens is 1. The van der Waals surface area contributed by atoms with Crippen LogP contribution in [0.4, 0.5) is 11.8 Å². The molecule has 0 amide bonds. The summed E-state index contributed by atoms with van der Waals surface area (Å²) in [5.41, 5.74) is 7.98. The van der Waals surface area contributed by atoms with E-state index < -0.39 is 0 Å². The Balaban J connectivity index is 2.00. The van der Waals surface area contributed by atoms with Crippen molar-refractivity contribution in [2.75, 3.05) is 17.2 Å². The van der Waals surface area contributed by atoms with E-state index in [9.17, 15) is 0 Å². The molecule has 1 aromatic carbocycles. The highest BCUT2D eigenvalue weighted by Crippen LogP contribution is 2.34. The van der Waals surface area contributed by atoms with Crippen LogP contribution >= 0.6 is 11.6 Å². The molecule has 1 aromatic heterocycles. The van der Waals surface area contributed by atoms with Crippen LogP contribution in [0.1, 0.15) is 43.0 Å². The molecule has 4 nitrogen and oxygen atoms in total. The Bertz CT molecular complexity index is 639. The van der Waals surface area contributed by atoms with Crippen molar-refractivity contribution in [1.82, 2.24) is 9.97 Å². The van der Waals surface area contributed by atoms with Gasteiger partial charge in [0.25, 0.3) is 0 Å². The lowest BCUT2D eigenvalue weighted by atomic mass is 10.0. The summed E-state index contributed by atoms with van der Waals surface area (Å²) in [5, 5.41) is 0.778. The molecule has 0 unspecified atom stereocenters. The number of nitrogens with two attached hydrogens (primary N) is 1. The first-order valence-corrected chi connectivity index (χ1v) is 8.14. The summed E-state index contributed by atoms with van der Waals surface area (Å²) >= 11 is 6.18. The number of anilines is 2. The van der Waals surface area contributed by atoms with Gasteiger partial charge in [-0.25, -0.2) is 4.98 Å². The van der Waals surface area contributed by atoms with Crippen molar-refractivity contribution in [2.45, 2.75) is 38.6 Å². The van der Waals surface area contributed by atoms with Gasteiger partial charge in [0.15, 0.2) is 0 Å². The van der Waals surface area contributed by atoms with Crippen LogP contribution in [0.5, 0.6) is 0 Å². The summed E-state index contributed by atoms with van der Waals surface area (Å²) in [6.45, 7) is 2.93. The Morgan fingerprint density at radius 2 is 2.05 bits per heavy atom. The molecular formula is C17H21ClN4. The van der Waals surface area contributed by atoms with Crippen molar-refractivity contribution in [2.24, 2.45) is 0 Å². The fraction of sp³-hybridized carbons (Fsp3) is 0.412. The Morgan fingerprint density at radius 1 is 1.18 bits per heavy atom. The van der Waals surface area contributed by atoms with Crippen molar-refractivity contribution in [3.05, 3.63) is 46.6 Å². The van der Waals surface area contributed by atoms with Crippen LogP contribution in [0.2, 0.25) is 5.02 Å². The van der Waals surface area contributed by atoms with Gasteiger partial charge in [0.05, 0.1) is 6.04 Å². The molecule has 0 radical (unpaired) electrons. The highest BCUT2D eigenvalue weighted by molar-refractivity contribution is 6.30. The van der Waals surface area contributed by atoms with Crippen molar-refractivity contribution >= 4 is 23.4 Å². The summed E-state index contributed by atoms with van der Waals surface area (Å²) in [7, 11) is 0.